The lowest BCUT2D eigenvalue weighted by Crippen LogP contribution is -2.22. The fraction of sp³-hybridized carbons (Fsp3) is 0.231. The fourth-order valence-corrected chi connectivity index (χ4v) is 3.51. The molecule has 2 aromatic carbocycles. The zero-order valence-corrected chi connectivity index (χ0v) is 19.0. The number of ether oxygens (including phenoxy) is 3. The molecule has 0 radical (unpaired) electrons. The topological polar surface area (TPSA) is 74.1 Å². The minimum atomic E-state index is -0.162. The van der Waals surface area contributed by atoms with Gasteiger partial charge in [0.25, 0.3) is 5.91 Å². The van der Waals surface area contributed by atoms with Crippen LogP contribution < -0.4 is 19.5 Å². The average Bonchev–Trinajstić information content (AvgIpc) is 3.27. The standard InChI is InChI=1S/C26H27N3O4/c1-4-32-23-12-7-19(14-24(23)31-3)15-27-26(30)20-8-10-22(11-9-20)33-17-21-16-29-13-5-6-18(2)25(29)28-21/h5-14,16H,4,15,17H2,1-3H3,(H,27,30). The third-order valence-electron chi connectivity index (χ3n) is 5.21. The number of carbonyl (C=O) groups excluding carboxylic acids is 1. The minimum Gasteiger partial charge on any atom is -0.493 e. The molecule has 0 saturated heterocycles. The van der Waals surface area contributed by atoms with Gasteiger partial charge in [-0.2, -0.15) is 0 Å². The van der Waals surface area contributed by atoms with Crippen LogP contribution in [0.2, 0.25) is 0 Å². The van der Waals surface area contributed by atoms with Gasteiger partial charge in [-0.25, -0.2) is 4.98 Å². The van der Waals surface area contributed by atoms with Crippen LogP contribution in [-0.4, -0.2) is 29.0 Å². The highest BCUT2D eigenvalue weighted by molar-refractivity contribution is 5.94. The van der Waals surface area contributed by atoms with Crippen molar-refractivity contribution in [3.8, 4) is 17.2 Å². The Morgan fingerprint density at radius 3 is 2.61 bits per heavy atom. The zero-order valence-electron chi connectivity index (χ0n) is 19.0. The SMILES string of the molecule is CCOc1ccc(CNC(=O)c2ccc(OCc3cn4cccc(C)c4n3)cc2)cc1OC. The third kappa shape index (κ3) is 5.26. The number of benzene rings is 2. The number of amides is 1. The number of imidazole rings is 1. The molecule has 2 aromatic heterocycles. The predicted molar refractivity (Wildman–Crippen MR) is 126 cm³/mol. The molecule has 4 rings (SSSR count). The predicted octanol–water partition coefficient (Wildman–Crippen LogP) is 4.56. The number of hydrogen-bond acceptors (Lipinski definition) is 5. The van der Waals surface area contributed by atoms with Crippen LogP contribution in [-0.2, 0) is 13.2 Å². The van der Waals surface area contributed by atoms with Gasteiger partial charge in [0, 0.05) is 24.5 Å². The normalized spacial score (nSPS) is 10.8. The van der Waals surface area contributed by atoms with E-state index >= 15 is 0 Å². The van der Waals surface area contributed by atoms with Crippen molar-refractivity contribution in [3.63, 3.8) is 0 Å². The van der Waals surface area contributed by atoms with Crippen LogP contribution in [0.5, 0.6) is 17.2 Å². The maximum Gasteiger partial charge on any atom is 0.251 e. The second-order valence-electron chi connectivity index (χ2n) is 7.57. The van der Waals surface area contributed by atoms with E-state index in [-0.39, 0.29) is 5.91 Å². The third-order valence-corrected chi connectivity index (χ3v) is 5.21. The van der Waals surface area contributed by atoms with Gasteiger partial charge in [-0.3, -0.25) is 4.79 Å². The molecule has 0 saturated carbocycles. The number of nitrogens with one attached hydrogen (secondary N) is 1. The van der Waals surface area contributed by atoms with Crippen molar-refractivity contribution in [1.82, 2.24) is 14.7 Å². The van der Waals surface area contributed by atoms with Crippen LogP contribution in [0.25, 0.3) is 5.65 Å². The first kappa shape index (κ1) is 22.2. The highest BCUT2D eigenvalue weighted by Gasteiger charge is 2.09. The Hall–Kier alpha value is -4.00. The minimum absolute atomic E-state index is 0.162. The van der Waals surface area contributed by atoms with Gasteiger partial charge in [0.1, 0.15) is 18.0 Å². The van der Waals surface area contributed by atoms with E-state index < -0.39 is 0 Å². The Morgan fingerprint density at radius 1 is 1.06 bits per heavy atom. The quantitative estimate of drug-likeness (QED) is 0.409. The van der Waals surface area contributed by atoms with Gasteiger partial charge < -0.3 is 23.9 Å². The van der Waals surface area contributed by atoms with Crippen LogP contribution in [0.3, 0.4) is 0 Å². The highest BCUT2D eigenvalue weighted by Crippen LogP contribution is 2.28. The molecule has 1 N–H and O–H groups in total. The van der Waals surface area contributed by atoms with E-state index in [2.05, 4.69) is 10.3 Å². The van der Waals surface area contributed by atoms with Gasteiger partial charge in [-0.1, -0.05) is 12.1 Å². The first-order valence-electron chi connectivity index (χ1n) is 10.8. The van der Waals surface area contributed by atoms with E-state index in [1.807, 2.05) is 61.0 Å². The summed E-state index contributed by atoms with van der Waals surface area (Å²) in [5, 5.41) is 2.93. The number of nitrogens with zero attached hydrogens (tertiary/aromatic N) is 2. The molecule has 0 aliphatic rings. The number of rotatable bonds is 9. The lowest BCUT2D eigenvalue weighted by atomic mass is 10.1. The summed E-state index contributed by atoms with van der Waals surface area (Å²) in [5.74, 6) is 1.84. The molecule has 0 fully saturated rings. The number of methoxy groups -OCH3 is 1. The van der Waals surface area contributed by atoms with E-state index in [9.17, 15) is 4.79 Å². The van der Waals surface area contributed by atoms with E-state index in [4.69, 9.17) is 14.2 Å². The molecular weight excluding hydrogens is 418 g/mol. The molecule has 0 atom stereocenters. The number of carbonyl (C=O) groups is 1. The number of hydrogen-bond donors (Lipinski definition) is 1. The Kier molecular flexibility index (Phi) is 6.78. The Bertz CT molecular complexity index is 1250. The molecule has 0 bridgehead atoms. The van der Waals surface area contributed by atoms with Crippen LogP contribution in [0.15, 0.2) is 67.0 Å². The van der Waals surface area contributed by atoms with E-state index in [0.717, 1.165) is 22.5 Å². The summed E-state index contributed by atoms with van der Waals surface area (Å²) >= 11 is 0. The van der Waals surface area contributed by atoms with Crippen molar-refractivity contribution in [2.75, 3.05) is 13.7 Å². The van der Waals surface area contributed by atoms with Gasteiger partial charge in [-0.05, 0) is 67.4 Å². The highest BCUT2D eigenvalue weighted by atomic mass is 16.5. The monoisotopic (exact) mass is 445 g/mol. The van der Waals surface area contributed by atoms with Crippen molar-refractivity contribution in [3.05, 3.63) is 89.4 Å². The smallest absolute Gasteiger partial charge is 0.251 e. The van der Waals surface area contributed by atoms with Crippen molar-refractivity contribution in [1.29, 1.82) is 0 Å². The van der Waals surface area contributed by atoms with Crippen molar-refractivity contribution >= 4 is 11.6 Å². The molecule has 0 unspecified atom stereocenters. The molecular formula is C26H27N3O4. The summed E-state index contributed by atoms with van der Waals surface area (Å²) in [7, 11) is 1.60. The molecule has 0 aliphatic heterocycles. The first-order valence-corrected chi connectivity index (χ1v) is 10.8. The molecule has 7 heteroatoms. The molecule has 170 valence electrons. The molecule has 2 heterocycles. The molecule has 7 nitrogen and oxygen atoms in total. The summed E-state index contributed by atoms with van der Waals surface area (Å²) < 4.78 is 18.7. The van der Waals surface area contributed by atoms with Crippen molar-refractivity contribution in [2.45, 2.75) is 27.0 Å². The van der Waals surface area contributed by atoms with Gasteiger partial charge in [0.2, 0.25) is 0 Å². The number of aryl methyl sites for hydroxylation is 1. The Labute approximate surface area is 192 Å². The van der Waals surface area contributed by atoms with Gasteiger partial charge in [0.05, 0.1) is 19.4 Å². The van der Waals surface area contributed by atoms with Gasteiger partial charge >= 0.3 is 0 Å². The molecule has 4 aromatic rings. The summed E-state index contributed by atoms with van der Waals surface area (Å²) in [6, 6.07) is 16.7. The first-order chi connectivity index (χ1) is 16.1. The zero-order chi connectivity index (χ0) is 23.2. The largest absolute Gasteiger partial charge is 0.493 e. The second kappa shape index (κ2) is 10.1. The van der Waals surface area contributed by atoms with E-state index in [1.165, 1.54) is 0 Å². The van der Waals surface area contributed by atoms with Crippen LogP contribution in [0, 0.1) is 6.92 Å². The Morgan fingerprint density at radius 2 is 1.88 bits per heavy atom. The van der Waals surface area contributed by atoms with E-state index in [0.29, 0.717) is 42.6 Å². The number of fused-ring (bicyclic) bond motifs is 1. The maximum absolute atomic E-state index is 12.5. The molecule has 0 spiro atoms. The van der Waals surface area contributed by atoms with E-state index in [1.54, 1.807) is 31.4 Å². The molecule has 1 amide bonds. The second-order valence-corrected chi connectivity index (χ2v) is 7.57. The lowest BCUT2D eigenvalue weighted by Gasteiger charge is -2.12. The van der Waals surface area contributed by atoms with Gasteiger partial charge in [-0.15, -0.1) is 0 Å². The van der Waals surface area contributed by atoms with Crippen LogP contribution in [0.4, 0.5) is 0 Å². The average molecular weight is 446 g/mol. The van der Waals surface area contributed by atoms with Crippen LogP contribution in [0.1, 0.15) is 34.1 Å². The summed E-state index contributed by atoms with van der Waals surface area (Å²) in [4.78, 5) is 17.2. The molecule has 0 aliphatic carbocycles. The summed E-state index contributed by atoms with van der Waals surface area (Å²) in [6.07, 6.45) is 3.93. The van der Waals surface area contributed by atoms with Gasteiger partial charge in [0.15, 0.2) is 11.5 Å². The number of pyridine rings is 1. The van der Waals surface area contributed by atoms with Crippen LogP contribution >= 0.6 is 0 Å². The molecule has 33 heavy (non-hydrogen) atoms. The summed E-state index contributed by atoms with van der Waals surface area (Å²) in [6.45, 7) is 5.25. The Balaban J connectivity index is 1.32. The summed E-state index contributed by atoms with van der Waals surface area (Å²) in [5.41, 5.74) is 4.36. The van der Waals surface area contributed by atoms with Crippen molar-refractivity contribution < 1.29 is 19.0 Å². The number of aromatic nitrogens is 2. The van der Waals surface area contributed by atoms with Crippen molar-refractivity contribution in [2.24, 2.45) is 0 Å². The lowest BCUT2D eigenvalue weighted by molar-refractivity contribution is 0.0951. The maximum atomic E-state index is 12.5. The fourth-order valence-electron chi connectivity index (χ4n) is 3.51.